The van der Waals surface area contributed by atoms with Gasteiger partial charge in [-0.1, -0.05) is 42.2 Å². The van der Waals surface area contributed by atoms with Gasteiger partial charge in [0.05, 0.1) is 5.25 Å². The molecule has 2 rings (SSSR count). The molecular weight excluding hydrogens is 359 g/mol. The van der Waals surface area contributed by atoms with Crippen molar-refractivity contribution in [3.63, 3.8) is 0 Å². The lowest BCUT2D eigenvalue weighted by Crippen LogP contribution is -2.46. The number of nitrogens with one attached hydrogen (secondary N) is 2. The molecule has 5 nitrogen and oxygen atoms in total. The van der Waals surface area contributed by atoms with E-state index in [-0.39, 0.29) is 22.5 Å². The summed E-state index contributed by atoms with van der Waals surface area (Å²) in [4.78, 5) is 12.2. The Labute approximate surface area is 155 Å². The Kier molecular flexibility index (Phi) is 6.78. The van der Waals surface area contributed by atoms with Gasteiger partial charge in [-0.2, -0.15) is 0 Å². The first kappa shape index (κ1) is 19.7. The average molecular weight is 383 g/mol. The molecule has 1 amide bonds. The number of halogens is 1. The number of carbonyl (C=O) groups is 1. The van der Waals surface area contributed by atoms with Crippen LogP contribution in [0.2, 0.25) is 0 Å². The van der Waals surface area contributed by atoms with Crippen molar-refractivity contribution in [1.29, 1.82) is 0 Å². The third kappa shape index (κ3) is 6.28. The van der Waals surface area contributed by atoms with E-state index in [0.717, 1.165) is 16.3 Å². The summed E-state index contributed by atoms with van der Waals surface area (Å²) in [5.74, 6) is -0.260. The maximum absolute atomic E-state index is 12.9. The van der Waals surface area contributed by atoms with Crippen LogP contribution in [0.3, 0.4) is 0 Å². The Morgan fingerprint density at radius 3 is 2.64 bits per heavy atom. The van der Waals surface area contributed by atoms with E-state index in [0.29, 0.717) is 11.7 Å². The molecule has 8 heteroatoms. The lowest BCUT2D eigenvalue weighted by molar-refractivity contribution is -0.121. The second-order valence-corrected chi connectivity index (χ2v) is 8.91. The third-order valence-electron chi connectivity index (χ3n) is 3.76. The van der Waals surface area contributed by atoms with E-state index < -0.39 is 0 Å². The number of thioether (sulfide) groups is 1. The molecule has 136 valence electrons. The zero-order valence-corrected chi connectivity index (χ0v) is 16.4. The zero-order chi connectivity index (χ0) is 18.4. The summed E-state index contributed by atoms with van der Waals surface area (Å²) < 4.78 is 13.6. The van der Waals surface area contributed by atoms with Crippen LogP contribution >= 0.6 is 23.1 Å². The van der Waals surface area contributed by atoms with Crippen molar-refractivity contribution in [3.05, 3.63) is 35.6 Å². The zero-order valence-electron chi connectivity index (χ0n) is 14.8. The van der Waals surface area contributed by atoms with Crippen LogP contribution in [0.5, 0.6) is 0 Å². The molecule has 2 aromatic rings. The summed E-state index contributed by atoms with van der Waals surface area (Å²) in [5, 5.41) is 14.8. The second-order valence-electron chi connectivity index (χ2n) is 6.34. The molecule has 1 aromatic carbocycles. The summed E-state index contributed by atoms with van der Waals surface area (Å²) in [6.07, 6.45) is 0.867. The quantitative estimate of drug-likeness (QED) is 0.674. The van der Waals surface area contributed by atoms with Gasteiger partial charge in [-0.15, -0.1) is 10.2 Å². The molecule has 1 unspecified atom stereocenters. The topological polar surface area (TPSA) is 66.9 Å². The molecule has 2 N–H and O–H groups in total. The van der Waals surface area contributed by atoms with Crippen LogP contribution < -0.4 is 10.6 Å². The fourth-order valence-electron chi connectivity index (χ4n) is 1.84. The number of hydrogen-bond donors (Lipinski definition) is 2. The average Bonchev–Trinajstić information content (AvgIpc) is 3.01. The summed E-state index contributed by atoms with van der Waals surface area (Å²) in [5.41, 5.74) is 0.745. The van der Waals surface area contributed by atoms with E-state index in [1.165, 1.54) is 35.2 Å². The minimum absolute atomic E-state index is 0.00660. The van der Waals surface area contributed by atoms with Gasteiger partial charge in [0, 0.05) is 12.1 Å². The van der Waals surface area contributed by atoms with E-state index in [4.69, 9.17) is 0 Å². The van der Waals surface area contributed by atoms with Crippen LogP contribution in [-0.4, -0.2) is 26.9 Å². The van der Waals surface area contributed by atoms with Gasteiger partial charge in [0.1, 0.15) is 5.82 Å². The maximum Gasteiger partial charge on any atom is 0.233 e. The standard InChI is InChI=1S/C17H23FN4OS2/c1-5-17(3,4)20-14(23)11(2)24-16-22-21-15(25-16)19-10-12-6-8-13(18)9-7-12/h6-9,11H,5,10H2,1-4H3,(H,19,21)(H,20,23). The number of hydrogen-bond acceptors (Lipinski definition) is 6. The molecule has 0 saturated carbocycles. The Hall–Kier alpha value is -1.67. The molecule has 0 spiro atoms. The van der Waals surface area contributed by atoms with Crippen molar-refractivity contribution >= 4 is 34.1 Å². The van der Waals surface area contributed by atoms with Crippen molar-refractivity contribution in [3.8, 4) is 0 Å². The highest BCUT2D eigenvalue weighted by atomic mass is 32.2. The Balaban J connectivity index is 1.86. The molecule has 1 aromatic heterocycles. The van der Waals surface area contributed by atoms with E-state index in [9.17, 15) is 9.18 Å². The molecular formula is C17H23FN4OS2. The predicted octanol–water partition coefficient (Wildman–Crippen LogP) is 4.07. The van der Waals surface area contributed by atoms with Gasteiger partial charge in [0.15, 0.2) is 4.34 Å². The van der Waals surface area contributed by atoms with Crippen molar-refractivity contribution in [1.82, 2.24) is 15.5 Å². The highest BCUT2D eigenvalue weighted by Crippen LogP contribution is 2.29. The second kappa shape index (κ2) is 8.62. The number of rotatable bonds is 8. The van der Waals surface area contributed by atoms with Crippen molar-refractivity contribution < 1.29 is 9.18 Å². The van der Waals surface area contributed by atoms with Crippen molar-refractivity contribution in [2.75, 3.05) is 5.32 Å². The number of amides is 1. The number of anilines is 1. The van der Waals surface area contributed by atoms with Gasteiger partial charge in [-0.05, 0) is 44.9 Å². The van der Waals surface area contributed by atoms with E-state index >= 15 is 0 Å². The molecule has 0 saturated heterocycles. The first-order valence-corrected chi connectivity index (χ1v) is 9.79. The molecule has 0 fully saturated rings. The van der Waals surface area contributed by atoms with Crippen LogP contribution in [0.1, 0.15) is 39.7 Å². The minimum Gasteiger partial charge on any atom is -0.356 e. The number of carbonyl (C=O) groups excluding carboxylic acids is 1. The smallest absolute Gasteiger partial charge is 0.233 e. The summed E-state index contributed by atoms with van der Waals surface area (Å²) >= 11 is 2.79. The van der Waals surface area contributed by atoms with E-state index in [1.807, 2.05) is 27.7 Å². The molecule has 0 aliphatic heterocycles. The van der Waals surface area contributed by atoms with Crippen LogP contribution in [0.4, 0.5) is 9.52 Å². The molecule has 25 heavy (non-hydrogen) atoms. The Bertz CT molecular complexity index is 703. The first-order valence-electron chi connectivity index (χ1n) is 8.09. The summed E-state index contributed by atoms with van der Waals surface area (Å²) in [7, 11) is 0. The monoisotopic (exact) mass is 382 g/mol. The predicted molar refractivity (Wildman–Crippen MR) is 101 cm³/mol. The number of nitrogens with zero attached hydrogens (tertiary/aromatic N) is 2. The summed E-state index contributed by atoms with van der Waals surface area (Å²) in [6.45, 7) is 8.45. The number of aromatic nitrogens is 2. The van der Waals surface area contributed by atoms with Gasteiger partial charge in [-0.25, -0.2) is 4.39 Å². The SMILES string of the molecule is CCC(C)(C)NC(=O)C(C)Sc1nnc(NCc2ccc(F)cc2)s1. The lowest BCUT2D eigenvalue weighted by atomic mass is 10.0. The molecule has 0 radical (unpaired) electrons. The highest BCUT2D eigenvalue weighted by molar-refractivity contribution is 8.02. The first-order chi connectivity index (χ1) is 11.8. The van der Waals surface area contributed by atoms with Gasteiger partial charge < -0.3 is 10.6 Å². The lowest BCUT2D eigenvalue weighted by Gasteiger charge is -2.26. The van der Waals surface area contributed by atoms with Gasteiger partial charge in [0.2, 0.25) is 11.0 Å². The molecule has 1 atom stereocenters. The number of benzene rings is 1. The Morgan fingerprint density at radius 1 is 1.32 bits per heavy atom. The van der Waals surface area contributed by atoms with Crippen LogP contribution in [0, 0.1) is 5.82 Å². The van der Waals surface area contributed by atoms with Crippen LogP contribution in [0.25, 0.3) is 0 Å². The van der Waals surface area contributed by atoms with Crippen molar-refractivity contribution in [2.45, 2.75) is 55.8 Å². The fourth-order valence-corrected chi connectivity index (χ4v) is 3.73. The van der Waals surface area contributed by atoms with Crippen LogP contribution in [0.15, 0.2) is 28.6 Å². The van der Waals surface area contributed by atoms with Gasteiger partial charge in [-0.3, -0.25) is 4.79 Å². The van der Waals surface area contributed by atoms with E-state index in [2.05, 4.69) is 20.8 Å². The molecule has 1 heterocycles. The molecule has 0 aliphatic carbocycles. The largest absolute Gasteiger partial charge is 0.356 e. The molecule has 0 bridgehead atoms. The van der Waals surface area contributed by atoms with Gasteiger partial charge in [0.25, 0.3) is 0 Å². The van der Waals surface area contributed by atoms with E-state index in [1.54, 1.807) is 12.1 Å². The van der Waals surface area contributed by atoms with Crippen molar-refractivity contribution in [2.24, 2.45) is 0 Å². The third-order valence-corrected chi connectivity index (χ3v) is 5.82. The molecule has 0 aliphatic rings. The normalized spacial score (nSPS) is 12.7. The van der Waals surface area contributed by atoms with Gasteiger partial charge >= 0.3 is 0 Å². The fraction of sp³-hybridized carbons (Fsp3) is 0.471. The summed E-state index contributed by atoms with van der Waals surface area (Å²) in [6, 6.07) is 6.30. The minimum atomic E-state index is -0.253. The Morgan fingerprint density at radius 2 is 2.00 bits per heavy atom. The maximum atomic E-state index is 12.9. The van der Waals surface area contributed by atoms with Crippen LogP contribution in [-0.2, 0) is 11.3 Å². The highest BCUT2D eigenvalue weighted by Gasteiger charge is 2.23.